The van der Waals surface area contributed by atoms with Gasteiger partial charge in [0.1, 0.15) is 6.33 Å². The van der Waals surface area contributed by atoms with Crippen molar-refractivity contribution >= 4 is 5.65 Å². The van der Waals surface area contributed by atoms with Crippen LogP contribution in [-0.4, -0.2) is 32.7 Å². The Morgan fingerprint density at radius 3 is 3.25 bits per heavy atom. The lowest BCUT2D eigenvalue weighted by molar-refractivity contribution is 0.453. The second-order valence-electron chi connectivity index (χ2n) is 4.10. The highest BCUT2D eigenvalue weighted by Gasteiger charge is 2.17. The third-order valence-corrected chi connectivity index (χ3v) is 3.04. The molecule has 1 aliphatic heterocycles. The summed E-state index contributed by atoms with van der Waals surface area (Å²) in [5, 5.41) is 7.18. The van der Waals surface area contributed by atoms with Gasteiger partial charge in [-0.05, 0) is 19.4 Å². The van der Waals surface area contributed by atoms with Crippen LogP contribution in [0.25, 0.3) is 5.65 Å². The predicted octanol–water partition coefficient (Wildman–Crippen LogP) is -0.115. The predicted molar refractivity (Wildman–Crippen MR) is 58.5 cm³/mol. The minimum Gasteiger partial charge on any atom is -0.316 e. The summed E-state index contributed by atoms with van der Waals surface area (Å²) in [5.74, 6) is 0.378. The van der Waals surface area contributed by atoms with Gasteiger partial charge in [0, 0.05) is 24.2 Å². The van der Waals surface area contributed by atoms with Crippen molar-refractivity contribution < 1.29 is 0 Å². The number of piperidine rings is 1. The number of fused-ring (bicyclic) bond motifs is 1. The number of H-pyrrole nitrogens is 1. The molecular formula is C10H13N5O. The lowest BCUT2D eigenvalue weighted by Crippen LogP contribution is -2.30. The van der Waals surface area contributed by atoms with Gasteiger partial charge < -0.3 is 10.3 Å². The molecule has 2 N–H and O–H groups in total. The first-order chi connectivity index (χ1) is 7.84. The highest BCUT2D eigenvalue weighted by atomic mass is 16.1. The molecule has 1 atom stereocenters. The Kier molecular flexibility index (Phi) is 2.21. The first-order valence-corrected chi connectivity index (χ1v) is 5.48. The summed E-state index contributed by atoms with van der Waals surface area (Å²) >= 11 is 0. The molecule has 2 aromatic heterocycles. The Bertz CT molecular complexity index is 552. The lowest BCUT2D eigenvalue weighted by atomic mass is 9.96. The van der Waals surface area contributed by atoms with Gasteiger partial charge in [-0.1, -0.05) is 0 Å². The fourth-order valence-corrected chi connectivity index (χ4v) is 2.19. The van der Waals surface area contributed by atoms with Crippen molar-refractivity contribution in [3.63, 3.8) is 0 Å². The van der Waals surface area contributed by atoms with E-state index in [0.717, 1.165) is 31.6 Å². The minimum atomic E-state index is -0.212. The van der Waals surface area contributed by atoms with Crippen LogP contribution in [0.15, 0.2) is 17.2 Å². The van der Waals surface area contributed by atoms with E-state index in [1.54, 1.807) is 0 Å². The van der Waals surface area contributed by atoms with Crippen molar-refractivity contribution in [2.45, 2.75) is 18.8 Å². The Labute approximate surface area is 91.7 Å². The zero-order valence-corrected chi connectivity index (χ0v) is 8.81. The first kappa shape index (κ1) is 9.53. The average molecular weight is 219 g/mol. The Morgan fingerprint density at radius 1 is 1.50 bits per heavy atom. The third kappa shape index (κ3) is 1.51. The standard InChI is InChI=1S/C10H13N5O/c16-10-14-8(7-2-1-3-11-5-7)4-9-12-6-13-15(9)10/h4,6-7,11H,1-3,5H2,(H,14,16). The Hall–Kier alpha value is -1.69. The van der Waals surface area contributed by atoms with E-state index in [2.05, 4.69) is 20.4 Å². The molecule has 16 heavy (non-hydrogen) atoms. The fraction of sp³-hybridized carbons (Fsp3) is 0.500. The summed E-state index contributed by atoms with van der Waals surface area (Å²) in [6, 6.07) is 1.91. The summed E-state index contributed by atoms with van der Waals surface area (Å²) < 4.78 is 1.28. The van der Waals surface area contributed by atoms with Crippen LogP contribution in [-0.2, 0) is 0 Å². The Morgan fingerprint density at radius 2 is 2.44 bits per heavy atom. The van der Waals surface area contributed by atoms with Crippen molar-refractivity contribution in [1.29, 1.82) is 0 Å². The number of nitrogens with one attached hydrogen (secondary N) is 2. The van der Waals surface area contributed by atoms with Gasteiger partial charge in [-0.15, -0.1) is 0 Å². The molecular weight excluding hydrogens is 206 g/mol. The number of aromatic nitrogens is 4. The molecule has 84 valence electrons. The van der Waals surface area contributed by atoms with Crippen molar-refractivity contribution in [1.82, 2.24) is 24.9 Å². The number of aromatic amines is 1. The molecule has 1 saturated heterocycles. The van der Waals surface area contributed by atoms with Gasteiger partial charge in [0.05, 0.1) is 0 Å². The van der Waals surface area contributed by atoms with Gasteiger partial charge in [0.25, 0.3) is 0 Å². The maximum absolute atomic E-state index is 11.7. The zero-order valence-electron chi connectivity index (χ0n) is 8.81. The van der Waals surface area contributed by atoms with Crippen LogP contribution in [0, 0.1) is 0 Å². The summed E-state index contributed by atoms with van der Waals surface area (Å²) in [4.78, 5) is 18.6. The lowest BCUT2D eigenvalue weighted by Gasteiger charge is -2.22. The van der Waals surface area contributed by atoms with Gasteiger partial charge in [0.15, 0.2) is 5.65 Å². The molecule has 6 heteroatoms. The molecule has 0 spiro atoms. The molecule has 0 aromatic carbocycles. The summed E-state index contributed by atoms with van der Waals surface area (Å²) in [7, 11) is 0. The van der Waals surface area contributed by atoms with E-state index < -0.39 is 0 Å². The zero-order chi connectivity index (χ0) is 11.0. The van der Waals surface area contributed by atoms with E-state index in [-0.39, 0.29) is 5.69 Å². The third-order valence-electron chi connectivity index (χ3n) is 3.04. The molecule has 1 aliphatic rings. The van der Waals surface area contributed by atoms with Crippen molar-refractivity contribution in [3.05, 3.63) is 28.6 Å². The summed E-state index contributed by atoms with van der Waals surface area (Å²) in [6.45, 7) is 1.98. The molecule has 0 bridgehead atoms. The van der Waals surface area contributed by atoms with E-state index in [1.807, 2.05) is 6.07 Å². The van der Waals surface area contributed by atoms with E-state index in [9.17, 15) is 4.79 Å². The molecule has 0 amide bonds. The fourth-order valence-electron chi connectivity index (χ4n) is 2.19. The van der Waals surface area contributed by atoms with E-state index in [0.29, 0.717) is 11.6 Å². The van der Waals surface area contributed by atoms with Crippen LogP contribution in [0.2, 0.25) is 0 Å². The molecule has 1 unspecified atom stereocenters. The van der Waals surface area contributed by atoms with Crippen LogP contribution in [0.4, 0.5) is 0 Å². The molecule has 0 radical (unpaired) electrons. The number of nitrogens with zero attached hydrogens (tertiary/aromatic N) is 3. The average Bonchev–Trinajstić information content (AvgIpc) is 2.79. The number of hydrogen-bond donors (Lipinski definition) is 2. The van der Waals surface area contributed by atoms with Crippen LogP contribution < -0.4 is 11.0 Å². The molecule has 2 aromatic rings. The Balaban J connectivity index is 2.06. The van der Waals surface area contributed by atoms with Crippen molar-refractivity contribution in [2.24, 2.45) is 0 Å². The molecule has 3 heterocycles. The summed E-state index contributed by atoms with van der Waals surface area (Å²) in [6.07, 6.45) is 3.64. The normalized spacial score (nSPS) is 21.4. The van der Waals surface area contributed by atoms with Crippen LogP contribution in [0.5, 0.6) is 0 Å². The van der Waals surface area contributed by atoms with Crippen LogP contribution in [0.3, 0.4) is 0 Å². The second kappa shape index (κ2) is 3.71. The van der Waals surface area contributed by atoms with E-state index in [1.165, 1.54) is 10.8 Å². The molecule has 0 aliphatic carbocycles. The quantitative estimate of drug-likeness (QED) is 0.701. The second-order valence-corrected chi connectivity index (χ2v) is 4.10. The highest BCUT2D eigenvalue weighted by Crippen LogP contribution is 2.20. The first-order valence-electron chi connectivity index (χ1n) is 5.48. The largest absolute Gasteiger partial charge is 0.348 e. The topological polar surface area (TPSA) is 75.1 Å². The molecule has 3 rings (SSSR count). The maximum atomic E-state index is 11.7. The summed E-state index contributed by atoms with van der Waals surface area (Å²) in [5.41, 5.74) is 1.36. The van der Waals surface area contributed by atoms with Gasteiger partial charge >= 0.3 is 5.69 Å². The van der Waals surface area contributed by atoms with Crippen molar-refractivity contribution in [3.8, 4) is 0 Å². The highest BCUT2D eigenvalue weighted by molar-refractivity contribution is 5.37. The van der Waals surface area contributed by atoms with E-state index >= 15 is 0 Å². The SMILES string of the molecule is O=c1[nH]c(C2CCCNC2)cc2ncnn12. The van der Waals surface area contributed by atoms with Crippen LogP contribution >= 0.6 is 0 Å². The van der Waals surface area contributed by atoms with Crippen LogP contribution in [0.1, 0.15) is 24.5 Å². The number of hydrogen-bond acceptors (Lipinski definition) is 4. The van der Waals surface area contributed by atoms with E-state index in [4.69, 9.17) is 0 Å². The molecule has 6 nitrogen and oxygen atoms in total. The van der Waals surface area contributed by atoms with Gasteiger partial charge in [0.2, 0.25) is 0 Å². The smallest absolute Gasteiger partial charge is 0.316 e. The molecule has 1 fully saturated rings. The van der Waals surface area contributed by atoms with Crippen molar-refractivity contribution in [2.75, 3.05) is 13.1 Å². The number of rotatable bonds is 1. The maximum Gasteiger partial charge on any atom is 0.348 e. The van der Waals surface area contributed by atoms with Gasteiger partial charge in [-0.25, -0.2) is 9.78 Å². The van der Waals surface area contributed by atoms with Gasteiger partial charge in [-0.3, -0.25) is 0 Å². The minimum absolute atomic E-state index is 0.212. The molecule has 0 saturated carbocycles. The van der Waals surface area contributed by atoms with Gasteiger partial charge in [-0.2, -0.15) is 9.61 Å². The monoisotopic (exact) mass is 219 g/mol.